The largest absolute Gasteiger partial charge is 0.356 e. The average molecular weight is 180 g/mol. The van der Waals surface area contributed by atoms with E-state index >= 15 is 0 Å². The fourth-order valence-corrected chi connectivity index (χ4v) is 1.26. The molecule has 5 heteroatoms. The molecule has 4 nitrogen and oxygen atoms in total. The fraction of sp³-hybridized carbons (Fsp3) is 0.667. The molecule has 66 valence electrons. The average Bonchev–Trinajstić information content (AvgIpc) is 1.87. The molecule has 0 saturated carbocycles. The Kier molecular flexibility index (Phi) is 4.32. The number of ether oxygens (including phenoxy) is 1. The van der Waals surface area contributed by atoms with Gasteiger partial charge in [0.25, 0.3) is 10.1 Å². The van der Waals surface area contributed by atoms with Crippen molar-refractivity contribution < 1.29 is 17.7 Å². The molecule has 0 fully saturated rings. The van der Waals surface area contributed by atoms with Crippen molar-refractivity contribution in [2.24, 2.45) is 0 Å². The minimum absolute atomic E-state index is 0.123. The predicted molar refractivity (Wildman–Crippen MR) is 41.8 cm³/mol. The molecule has 0 amide bonds. The Morgan fingerprint density at radius 1 is 1.73 bits per heavy atom. The van der Waals surface area contributed by atoms with E-state index in [1.54, 1.807) is 6.92 Å². The van der Waals surface area contributed by atoms with Gasteiger partial charge in [-0.05, 0) is 6.42 Å². The van der Waals surface area contributed by atoms with Gasteiger partial charge in [0.15, 0.2) is 5.44 Å². The molecule has 1 unspecified atom stereocenters. The van der Waals surface area contributed by atoms with E-state index in [9.17, 15) is 8.42 Å². The van der Waals surface area contributed by atoms with Crippen molar-refractivity contribution in [3.05, 3.63) is 12.7 Å². The van der Waals surface area contributed by atoms with Crippen LogP contribution in [0.3, 0.4) is 0 Å². The van der Waals surface area contributed by atoms with E-state index in [0.717, 1.165) is 0 Å². The van der Waals surface area contributed by atoms with E-state index in [0.29, 0.717) is 0 Å². The van der Waals surface area contributed by atoms with Crippen LogP contribution in [0.1, 0.15) is 13.3 Å². The molecule has 0 heterocycles. The van der Waals surface area contributed by atoms with Gasteiger partial charge in [0.05, 0.1) is 6.61 Å². The van der Waals surface area contributed by atoms with Crippen LogP contribution in [0.2, 0.25) is 0 Å². The molecule has 0 radical (unpaired) electrons. The third-order valence-corrected chi connectivity index (χ3v) is 2.20. The standard InChI is InChI=1S/C6H12O4S/c1-3-5-10-6(4-2)11(7,8)9/h3,6H,1,4-5H2,2H3,(H,7,8,9). The second-order valence-electron chi connectivity index (χ2n) is 1.97. The van der Waals surface area contributed by atoms with Crippen LogP contribution < -0.4 is 0 Å². The molecular formula is C6H12O4S. The second-order valence-corrected chi connectivity index (χ2v) is 3.53. The first-order chi connectivity index (χ1) is 5.02. The highest BCUT2D eigenvalue weighted by Gasteiger charge is 2.20. The highest BCUT2D eigenvalue weighted by molar-refractivity contribution is 7.86. The summed E-state index contributed by atoms with van der Waals surface area (Å²) in [5.41, 5.74) is -1.12. The van der Waals surface area contributed by atoms with Crippen LogP contribution in [-0.2, 0) is 14.9 Å². The van der Waals surface area contributed by atoms with E-state index in [1.807, 2.05) is 0 Å². The van der Waals surface area contributed by atoms with Crippen LogP contribution in [-0.4, -0.2) is 25.0 Å². The van der Waals surface area contributed by atoms with Gasteiger partial charge >= 0.3 is 0 Å². The molecule has 0 aliphatic carbocycles. The van der Waals surface area contributed by atoms with Crippen LogP contribution in [0.5, 0.6) is 0 Å². The fourth-order valence-electron chi connectivity index (χ4n) is 0.590. The highest BCUT2D eigenvalue weighted by atomic mass is 32.2. The van der Waals surface area contributed by atoms with E-state index < -0.39 is 15.6 Å². The molecule has 0 spiro atoms. The first kappa shape index (κ1) is 10.6. The Bertz CT molecular complexity index is 207. The third-order valence-electron chi connectivity index (χ3n) is 1.07. The zero-order valence-corrected chi connectivity index (χ0v) is 7.17. The summed E-state index contributed by atoms with van der Waals surface area (Å²) in [5.74, 6) is 0. The highest BCUT2D eigenvalue weighted by Crippen LogP contribution is 2.04. The van der Waals surface area contributed by atoms with Crippen molar-refractivity contribution in [3.63, 3.8) is 0 Å². The molecule has 0 saturated heterocycles. The minimum Gasteiger partial charge on any atom is -0.356 e. The van der Waals surface area contributed by atoms with Crippen molar-refractivity contribution in [2.45, 2.75) is 18.8 Å². The normalized spacial score (nSPS) is 14.4. The molecule has 0 rings (SSSR count). The molecule has 1 N–H and O–H groups in total. The van der Waals surface area contributed by atoms with E-state index in [4.69, 9.17) is 9.29 Å². The summed E-state index contributed by atoms with van der Waals surface area (Å²) in [7, 11) is -4.06. The Labute approximate surface area is 66.6 Å². The predicted octanol–water partition coefficient (Wildman–Crippen LogP) is 0.813. The third kappa shape index (κ3) is 4.13. The number of rotatable bonds is 5. The Morgan fingerprint density at radius 3 is 2.55 bits per heavy atom. The van der Waals surface area contributed by atoms with Crippen LogP contribution in [0.4, 0.5) is 0 Å². The summed E-state index contributed by atoms with van der Waals surface area (Å²) in [6, 6.07) is 0. The summed E-state index contributed by atoms with van der Waals surface area (Å²) in [6.45, 7) is 5.08. The minimum atomic E-state index is -4.06. The maximum absolute atomic E-state index is 10.5. The van der Waals surface area contributed by atoms with Gasteiger partial charge in [-0.1, -0.05) is 13.0 Å². The summed E-state index contributed by atoms with van der Waals surface area (Å²) in [4.78, 5) is 0. The smallest absolute Gasteiger partial charge is 0.292 e. The van der Waals surface area contributed by atoms with Crippen molar-refractivity contribution in [3.8, 4) is 0 Å². The molecule has 0 aromatic carbocycles. The Morgan fingerprint density at radius 2 is 2.27 bits per heavy atom. The molecule has 1 atom stereocenters. The van der Waals surface area contributed by atoms with Crippen molar-refractivity contribution >= 4 is 10.1 Å². The summed E-state index contributed by atoms with van der Waals surface area (Å²) < 4.78 is 34.2. The van der Waals surface area contributed by atoms with Crippen molar-refractivity contribution in [1.29, 1.82) is 0 Å². The van der Waals surface area contributed by atoms with Gasteiger partial charge in [0.1, 0.15) is 0 Å². The molecule has 11 heavy (non-hydrogen) atoms. The lowest BCUT2D eigenvalue weighted by molar-refractivity contribution is 0.121. The topological polar surface area (TPSA) is 63.6 Å². The SMILES string of the molecule is C=CCOC(CC)S(=O)(=O)O. The number of hydrogen-bond acceptors (Lipinski definition) is 3. The lowest BCUT2D eigenvalue weighted by atomic mass is 10.5. The quantitative estimate of drug-likeness (QED) is 0.502. The second kappa shape index (κ2) is 4.48. The lowest BCUT2D eigenvalue weighted by Gasteiger charge is -2.10. The molecule has 0 aromatic rings. The summed E-state index contributed by atoms with van der Waals surface area (Å²) >= 11 is 0. The zero-order chi connectivity index (χ0) is 8.91. The lowest BCUT2D eigenvalue weighted by Crippen LogP contribution is -2.22. The van der Waals surface area contributed by atoms with Crippen LogP contribution in [0.25, 0.3) is 0 Å². The summed E-state index contributed by atoms with van der Waals surface area (Å²) in [5, 5.41) is 0. The molecule has 0 aromatic heterocycles. The van der Waals surface area contributed by atoms with Gasteiger partial charge in [-0.15, -0.1) is 6.58 Å². The molecular weight excluding hydrogens is 168 g/mol. The first-order valence-corrected chi connectivity index (χ1v) is 4.71. The Balaban J connectivity index is 4.07. The van der Waals surface area contributed by atoms with Crippen LogP contribution in [0, 0.1) is 0 Å². The van der Waals surface area contributed by atoms with Gasteiger partial charge in [-0.25, -0.2) is 0 Å². The molecule has 0 aliphatic heterocycles. The van der Waals surface area contributed by atoms with Crippen LogP contribution in [0.15, 0.2) is 12.7 Å². The van der Waals surface area contributed by atoms with Gasteiger partial charge in [-0.2, -0.15) is 8.42 Å². The van der Waals surface area contributed by atoms with E-state index in [1.165, 1.54) is 6.08 Å². The van der Waals surface area contributed by atoms with Crippen LogP contribution >= 0.6 is 0 Å². The monoisotopic (exact) mass is 180 g/mol. The van der Waals surface area contributed by atoms with Gasteiger partial charge in [0.2, 0.25) is 0 Å². The van der Waals surface area contributed by atoms with Gasteiger partial charge in [0, 0.05) is 0 Å². The van der Waals surface area contributed by atoms with Gasteiger partial charge in [-0.3, -0.25) is 4.55 Å². The molecule has 0 bridgehead atoms. The summed E-state index contributed by atoms with van der Waals surface area (Å²) in [6.07, 6.45) is 1.65. The molecule has 0 aliphatic rings. The first-order valence-electron chi connectivity index (χ1n) is 3.21. The zero-order valence-electron chi connectivity index (χ0n) is 6.36. The Hall–Kier alpha value is -0.390. The van der Waals surface area contributed by atoms with Gasteiger partial charge < -0.3 is 4.74 Å². The van der Waals surface area contributed by atoms with E-state index in [-0.39, 0.29) is 13.0 Å². The van der Waals surface area contributed by atoms with Crippen molar-refractivity contribution in [2.75, 3.05) is 6.61 Å². The van der Waals surface area contributed by atoms with E-state index in [2.05, 4.69) is 6.58 Å². The van der Waals surface area contributed by atoms with Crippen molar-refractivity contribution in [1.82, 2.24) is 0 Å². The maximum atomic E-state index is 10.5. The maximum Gasteiger partial charge on any atom is 0.292 e. The number of hydrogen-bond donors (Lipinski definition) is 1.